The lowest BCUT2D eigenvalue weighted by Crippen LogP contribution is -2.58. The van der Waals surface area contributed by atoms with Crippen LogP contribution in [0.4, 0.5) is 0 Å². The molecule has 39 heavy (non-hydrogen) atoms. The van der Waals surface area contributed by atoms with Crippen LogP contribution in [0.1, 0.15) is 74.6 Å². The quantitative estimate of drug-likeness (QED) is 0.150. The Balaban J connectivity index is 1.84. The van der Waals surface area contributed by atoms with Gasteiger partial charge in [-0.05, 0) is 54.4 Å². The van der Waals surface area contributed by atoms with Crippen molar-refractivity contribution >= 4 is 35.3 Å². The van der Waals surface area contributed by atoms with Crippen molar-refractivity contribution in [3.8, 4) is 5.75 Å². The summed E-state index contributed by atoms with van der Waals surface area (Å²) in [6, 6.07) is 1.71. The van der Waals surface area contributed by atoms with E-state index in [4.69, 9.17) is 10.5 Å². The van der Waals surface area contributed by atoms with E-state index in [2.05, 4.69) is 0 Å². The number of rotatable bonds is 7. The van der Waals surface area contributed by atoms with Gasteiger partial charge in [-0.1, -0.05) is 27.2 Å². The Morgan fingerprint density at radius 2 is 1.90 bits per heavy atom. The number of carbonyl (C=O) groups is 4. The molecule has 1 aromatic rings. The predicted octanol–water partition coefficient (Wildman–Crippen LogP) is 2.90. The molecule has 0 spiro atoms. The summed E-state index contributed by atoms with van der Waals surface area (Å²) in [5.74, 6) is -7.43. The van der Waals surface area contributed by atoms with Gasteiger partial charge in [0.2, 0.25) is 5.78 Å². The number of phenolic OH excluding ortho intramolecular Hbond substituents is 1. The average molecular weight is 540 g/mol. The first-order valence-corrected chi connectivity index (χ1v) is 13.0. The Kier molecular flexibility index (Phi) is 7.44. The summed E-state index contributed by atoms with van der Waals surface area (Å²) in [6.07, 6.45) is 4.02. The maximum atomic E-state index is 13.7. The molecule has 0 saturated heterocycles. The monoisotopic (exact) mass is 539 g/mol. The molecule has 3 aliphatic carbocycles. The summed E-state index contributed by atoms with van der Waals surface area (Å²) in [7, 11) is 0. The van der Waals surface area contributed by atoms with Crippen LogP contribution in [0.2, 0.25) is 0 Å². The molecule has 4 rings (SSSR count). The number of hydrogen-bond acceptors (Lipinski definition) is 9. The Hall–Kier alpha value is -3.92. The number of primary amides is 1. The van der Waals surface area contributed by atoms with Gasteiger partial charge >= 0.3 is 5.97 Å². The molecule has 3 atom stereocenters. The molecule has 0 radical (unpaired) electrons. The second kappa shape index (κ2) is 10.3. The number of esters is 1. The fourth-order valence-electron chi connectivity index (χ4n) is 5.90. The SMILES string of the molecule is CCCCOC(=O)/C=C/c1cc(C(C)C)c2c(c1O)C(O)=C1C(=O)C3(O)C(O)=C(C(N)=O)C(=O)CC3CC1C2. The maximum Gasteiger partial charge on any atom is 0.330 e. The number of unbranched alkanes of at least 4 members (excludes halogenated alkanes) is 1. The van der Waals surface area contributed by atoms with E-state index in [1.807, 2.05) is 20.8 Å². The fraction of sp³-hybridized carbons (Fsp3) is 0.448. The molecule has 10 nitrogen and oxygen atoms in total. The number of carbonyl (C=O) groups excluding carboxylic acids is 4. The number of nitrogens with two attached hydrogens (primary N) is 1. The maximum absolute atomic E-state index is 13.7. The van der Waals surface area contributed by atoms with Crippen LogP contribution in [0.5, 0.6) is 5.75 Å². The molecule has 0 aliphatic heterocycles. The van der Waals surface area contributed by atoms with Crippen molar-refractivity contribution in [1.82, 2.24) is 0 Å². The lowest BCUT2D eigenvalue weighted by molar-refractivity contribution is -0.147. The van der Waals surface area contributed by atoms with E-state index in [0.29, 0.717) is 12.0 Å². The van der Waals surface area contributed by atoms with E-state index in [-0.39, 0.29) is 54.2 Å². The van der Waals surface area contributed by atoms with Gasteiger partial charge in [0.1, 0.15) is 22.8 Å². The van der Waals surface area contributed by atoms with Crippen molar-refractivity contribution in [2.45, 2.75) is 64.4 Å². The summed E-state index contributed by atoms with van der Waals surface area (Å²) in [5, 5.41) is 44.7. The summed E-state index contributed by atoms with van der Waals surface area (Å²) >= 11 is 0. The third-order valence-electron chi connectivity index (χ3n) is 7.89. The number of ether oxygens (including phenoxy) is 1. The zero-order valence-electron chi connectivity index (χ0n) is 22.1. The van der Waals surface area contributed by atoms with E-state index in [1.165, 1.54) is 12.2 Å². The highest BCUT2D eigenvalue weighted by Crippen LogP contribution is 2.53. The summed E-state index contributed by atoms with van der Waals surface area (Å²) in [5.41, 5.74) is 3.16. The number of Topliss-reactive ketones (excluding diaryl/α,β-unsaturated/α-hetero) is 2. The number of hydrogen-bond donors (Lipinski definition) is 5. The predicted molar refractivity (Wildman–Crippen MR) is 140 cm³/mol. The number of ketones is 2. The molecule has 1 fully saturated rings. The Bertz CT molecular complexity index is 1370. The van der Waals surface area contributed by atoms with E-state index < -0.39 is 58.0 Å². The molecule has 1 saturated carbocycles. The molecule has 10 heteroatoms. The number of amides is 1. The molecule has 3 unspecified atom stereocenters. The minimum absolute atomic E-state index is 0.00710. The zero-order chi connectivity index (χ0) is 28.8. The van der Waals surface area contributed by atoms with Gasteiger partial charge in [0, 0.05) is 29.6 Å². The van der Waals surface area contributed by atoms with E-state index in [1.54, 1.807) is 6.07 Å². The third-order valence-corrected chi connectivity index (χ3v) is 7.89. The van der Waals surface area contributed by atoms with Crippen molar-refractivity contribution in [2.24, 2.45) is 17.6 Å². The number of benzene rings is 1. The summed E-state index contributed by atoms with van der Waals surface area (Å²) in [6.45, 7) is 6.08. The standard InChI is InChI=1S/C29H33NO9/c1-4-5-8-39-20(32)7-6-14-10-17(13(2)3)18-11-15-9-16-12-19(31)23(28(30)37)27(36)29(16,38)26(35)21(15)25(34)22(18)24(14)33/h6-7,10,13,15-16,33-34,36,38H,4-5,8-9,11-12H2,1-3H3,(H2,30,37)/b7-6+. The van der Waals surface area contributed by atoms with Gasteiger partial charge in [0.05, 0.1) is 12.2 Å². The van der Waals surface area contributed by atoms with Gasteiger partial charge in [-0.25, -0.2) is 4.79 Å². The number of phenols is 1. The lowest BCUT2D eigenvalue weighted by atomic mass is 9.59. The van der Waals surface area contributed by atoms with Gasteiger partial charge < -0.3 is 30.9 Å². The highest BCUT2D eigenvalue weighted by atomic mass is 16.5. The lowest BCUT2D eigenvalue weighted by Gasteiger charge is -2.46. The third kappa shape index (κ3) is 4.52. The molecular formula is C29H33NO9. The molecular weight excluding hydrogens is 506 g/mol. The van der Waals surface area contributed by atoms with Crippen molar-refractivity contribution in [1.29, 1.82) is 0 Å². The molecule has 0 aromatic heterocycles. The number of aromatic hydroxyl groups is 1. The largest absolute Gasteiger partial charge is 0.508 e. The van der Waals surface area contributed by atoms with Gasteiger partial charge in [0.15, 0.2) is 11.4 Å². The molecule has 0 bridgehead atoms. The van der Waals surface area contributed by atoms with Crippen molar-refractivity contribution < 1.29 is 44.3 Å². The summed E-state index contributed by atoms with van der Waals surface area (Å²) in [4.78, 5) is 50.1. The first-order chi connectivity index (χ1) is 18.3. The van der Waals surface area contributed by atoms with Crippen molar-refractivity contribution in [3.63, 3.8) is 0 Å². The minimum atomic E-state index is -2.62. The number of fused-ring (bicyclic) bond motifs is 3. The van der Waals surface area contributed by atoms with Crippen molar-refractivity contribution in [3.05, 3.63) is 51.3 Å². The number of aliphatic hydroxyl groups excluding tert-OH is 2. The highest BCUT2D eigenvalue weighted by Gasteiger charge is 2.60. The second-order valence-electron chi connectivity index (χ2n) is 10.7. The van der Waals surface area contributed by atoms with Gasteiger partial charge in [0.25, 0.3) is 5.91 Å². The molecule has 0 heterocycles. The van der Waals surface area contributed by atoms with E-state index in [9.17, 15) is 39.6 Å². The van der Waals surface area contributed by atoms with Gasteiger partial charge in [-0.15, -0.1) is 0 Å². The zero-order valence-corrected chi connectivity index (χ0v) is 22.1. The van der Waals surface area contributed by atoms with E-state index >= 15 is 0 Å². The molecule has 3 aliphatic rings. The highest BCUT2D eigenvalue weighted by molar-refractivity contribution is 6.22. The van der Waals surface area contributed by atoms with Crippen molar-refractivity contribution in [2.75, 3.05) is 6.61 Å². The Morgan fingerprint density at radius 3 is 2.51 bits per heavy atom. The van der Waals surface area contributed by atoms with Crippen LogP contribution in [0.3, 0.4) is 0 Å². The fourth-order valence-corrected chi connectivity index (χ4v) is 5.90. The van der Waals surface area contributed by atoms with Crippen LogP contribution >= 0.6 is 0 Å². The van der Waals surface area contributed by atoms with Crippen LogP contribution in [0.15, 0.2) is 29.0 Å². The first-order valence-electron chi connectivity index (χ1n) is 13.0. The van der Waals surface area contributed by atoms with E-state index in [0.717, 1.165) is 12.0 Å². The van der Waals surface area contributed by atoms with Gasteiger partial charge in [-0.3, -0.25) is 14.4 Å². The van der Waals surface area contributed by atoms with Crippen LogP contribution in [0.25, 0.3) is 11.8 Å². The Morgan fingerprint density at radius 1 is 1.21 bits per heavy atom. The molecule has 1 amide bonds. The van der Waals surface area contributed by atoms with Crippen LogP contribution < -0.4 is 5.73 Å². The van der Waals surface area contributed by atoms with Gasteiger partial charge in [-0.2, -0.15) is 0 Å². The first kappa shape index (κ1) is 28.1. The number of aliphatic hydroxyl groups is 3. The minimum Gasteiger partial charge on any atom is -0.508 e. The molecule has 208 valence electrons. The Labute approximate surface area is 225 Å². The second-order valence-corrected chi connectivity index (χ2v) is 10.7. The van der Waals surface area contributed by atoms with Crippen LogP contribution in [-0.2, 0) is 30.3 Å². The molecule has 6 N–H and O–H groups in total. The van der Waals surface area contributed by atoms with Crippen LogP contribution in [0, 0.1) is 11.8 Å². The topological polar surface area (TPSA) is 184 Å². The smallest absolute Gasteiger partial charge is 0.330 e. The van der Waals surface area contributed by atoms with Crippen LogP contribution in [-0.4, -0.2) is 56.1 Å². The molecule has 1 aromatic carbocycles. The normalized spacial score (nSPS) is 24.6. The summed E-state index contributed by atoms with van der Waals surface area (Å²) < 4.78 is 5.12. The average Bonchev–Trinajstić information content (AvgIpc) is 2.85.